The smallest absolute Gasteiger partial charge is 0.385 e. The van der Waals surface area contributed by atoms with E-state index in [0.717, 1.165) is 19.1 Å². The molecule has 0 spiro atoms. The molecule has 0 fully saturated rings. The first-order chi connectivity index (χ1) is 8.24. The predicted octanol–water partition coefficient (Wildman–Crippen LogP) is 2.85. The summed E-state index contributed by atoms with van der Waals surface area (Å²) in [7, 11) is 4.45. The van der Waals surface area contributed by atoms with Crippen LogP contribution in [0, 0.1) is 0 Å². The van der Waals surface area contributed by atoms with Crippen LogP contribution >= 0.6 is 0 Å². The first-order valence-electron chi connectivity index (χ1n) is 6.39. The van der Waals surface area contributed by atoms with E-state index in [0.29, 0.717) is 0 Å². The average molecular weight is 264 g/mol. The molecule has 17 heavy (non-hydrogen) atoms. The van der Waals surface area contributed by atoms with Gasteiger partial charge in [-0.1, -0.05) is 25.7 Å². The van der Waals surface area contributed by atoms with Gasteiger partial charge >= 0.3 is 8.80 Å². The number of methoxy groups -OCH3 is 1. The van der Waals surface area contributed by atoms with E-state index in [2.05, 4.69) is 0 Å². The summed E-state index contributed by atoms with van der Waals surface area (Å²) in [6.07, 6.45) is 7.32. The molecule has 0 saturated heterocycles. The van der Waals surface area contributed by atoms with Gasteiger partial charge < -0.3 is 18.0 Å². The van der Waals surface area contributed by atoms with E-state index in [4.69, 9.17) is 18.0 Å². The maximum Gasteiger partial charge on any atom is 0.500 e. The Morgan fingerprint density at radius 3 is 1.59 bits per heavy atom. The molecule has 0 aromatic rings. The molecule has 0 atom stereocenters. The molecule has 0 aromatic carbocycles. The minimum absolute atomic E-state index is 0.882. The number of unbranched alkanes of at least 4 members (excludes halogenated alkanes) is 5. The molecule has 0 radical (unpaired) electrons. The van der Waals surface area contributed by atoms with Crippen molar-refractivity contribution < 1.29 is 18.0 Å². The van der Waals surface area contributed by atoms with Crippen molar-refractivity contribution in [3.05, 3.63) is 0 Å². The van der Waals surface area contributed by atoms with Crippen LogP contribution in [0.15, 0.2) is 0 Å². The van der Waals surface area contributed by atoms with Crippen LogP contribution in [-0.2, 0) is 18.0 Å². The molecule has 0 N–H and O–H groups in total. The zero-order chi connectivity index (χ0) is 13.0. The fourth-order valence-corrected chi connectivity index (χ4v) is 3.65. The summed E-state index contributed by atoms with van der Waals surface area (Å²) >= 11 is 0. The van der Waals surface area contributed by atoms with Crippen molar-refractivity contribution in [1.82, 2.24) is 0 Å². The highest BCUT2D eigenvalue weighted by Gasteiger charge is 2.36. The Hall–Kier alpha value is 0.0569. The summed E-state index contributed by atoms with van der Waals surface area (Å²) in [5, 5.41) is 0. The van der Waals surface area contributed by atoms with Crippen molar-refractivity contribution in [1.29, 1.82) is 0 Å². The van der Waals surface area contributed by atoms with Crippen molar-refractivity contribution in [3.8, 4) is 0 Å². The van der Waals surface area contributed by atoms with Gasteiger partial charge in [-0.2, -0.15) is 0 Å². The summed E-state index contributed by atoms with van der Waals surface area (Å²) < 4.78 is 21.1. The molecule has 0 aliphatic rings. The lowest BCUT2D eigenvalue weighted by Crippen LogP contribution is -2.42. The second-order valence-corrected chi connectivity index (χ2v) is 7.25. The van der Waals surface area contributed by atoms with Gasteiger partial charge in [0.1, 0.15) is 0 Å². The third-order valence-electron chi connectivity index (χ3n) is 3.01. The Morgan fingerprint density at radius 2 is 1.12 bits per heavy atom. The second kappa shape index (κ2) is 11.2. The molecule has 0 bridgehead atoms. The molecule has 104 valence electrons. The van der Waals surface area contributed by atoms with Gasteiger partial charge in [0.2, 0.25) is 0 Å². The highest BCUT2D eigenvalue weighted by atomic mass is 28.4. The van der Waals surface area contributed by atoms with Crippen molar-refractivity contribution in [3.63, 3.8) is 0 Å². The van der Waals surface area contributed by atoms with Gasteiger partial charge in [-0.25, -0.2) is 0 Å². The van der Waals surface area contributed by atoms with Gasteiger partial charge in [0, 0.05) is 41.1 Å². The number of ether oxygens (including phenoxy) is 1. The van der Waals surface area contributed by atoms with E-state index in [1.807, 2.05) is 0 Å². The highest BCUT2D eigenvalue weighted by molar-refractivity contribution is 6.60. The molecule has 0 aromatic heterocycles. The van der Waals surface area contributed by atoms with Gasteiger partial charge in [-0.05, 0) is 12.8 Å². The van der Waals surface area contributed by atoms with Crippen molar-refractivity contribution in [2.75, 3.05) is 35.0 Å². The van der Waals surface area contributed by atoms with Crippen LogP contribution in [0.5, 0.6) is 0 Å². The standard InChI is InChI=1S/C12H28O4Si/c1-13-11-9-7-5-6-8-10-12-17(14-2,15-3)16-4/h5-12H2,1-4H3. The first kappa shape index (κ1) is 17.1. The van der Waals surface area contributed by atoms with E-state index >= 15 is 0 Å². The molecule has 0 heterocycles. The monoisotopic (exact) mass is 264 g/mol. The van der Waals surface area contributed by atoms with Crippen LogP contribution in [0.4, 0.5) is 0 Å². The lowest BCUT2D eigenvalue weighted by atomic mass is 10.1. The van der Waals surface area contributed by atoms with Gasteiger partial charge in [-0.15, -0.1) is 0 Å². The van der Waals surface area contributed by atoms with Crippen molar-refractivity contribution >= 4 is 8.80 Å². The number of rotatable bonds is 12. The van der Waals surface area contributed by atoms with Gasteiger partial charge in [0.15, 0.2) is 0 Å². The highest BCUT2D eigenvalue weighted by Crippen LogP contribution is 2.18. The van der Waals surface area contributed by atoms with Crippen LogP contribution in [0.3, 0.4) is 0 Å². The minimum Gasteiger partial charge on any atom is -0.385 e. The maximum atomic E-state index is 5.37. The molecule has 4 nitrogen and oxygen atoms in total. The summed E-state index contributed by atoms with van der Waals surface area (Å²) in [4.78, 5) is 0. The lowest BCUT2D eigenvalue weighted by molar-refractivity contribution is 0.122. The summed E-state index contributed by atoms with van der Waals surface area (Å²) in [5.74, 6) is 0. The molecule has 5 heteroatoms. The summed E-state index contributed by atoms with van der Waals surface area (Å²) in [6, 6.07) is 0.911. The Labute approximate surface area is 107 Å². The van der Waals surface area contributed by atoms with Gasteiger partial charge in [0.05, 0.1) is 0 Å². The first-order valence-corrected chi connectivity index (χ1v) is 8.32. The SMILES string of the molecule is COCCCCCCCC[Si](OC)(OC)OC. The predicted molar refractivity (Wildman–Crippen MR) is 71.2 cm³/mol. The zero-order valence-corrected chi connectivity index (χ0v) is 12.8. The summed E-state index contributed by atoms with van der Waals surface area (Å²) in [5.41, 5.74) is 0. The van der Waals surface area contributed by atoms with Crippen LogP contribution in [-0.4, -0.2) is 43.9 Å². The van der Waals surface area contributed by atoms with E-state index in [-0.39, 0.29) is 0 Å². The van der Waals surface area contributed by atoms with Crippen LogP contribution in [0.1, 0.15) is 38.5 Å². The van der Waals surface area contributed by atoms with E-state index < -0.39 is 8.80 Å². The lowest BCUT2D eigenvalue weighted by Gasteiger charge is -2.24. The molecule has 0 rings (SSSR count). The van der Waals surface area contributed by atoms with Crippen LogP contribution in [0.25, 0.3) is 0 Å². The van der Waals surface area contributed by atoms with E-state index in [1.54, 1.807) is 28.4 Å². The summed E-state index contributed by atoms with van der Waals surface area (Å²) in [6.45, 7) is 0.882. The Bertz CT molecular complexity index is 154. The third kappa shape index (κ3) is 7.89. The van der Waals surface area contributed by atoms with E-state index in [9.17, 15) is 0 Å². The van der Waals surface area contributed by atoms with Crippen molar-refractivity contribution in [2.24, 2.45) is 0 Å². The number of hydrogen-bond donors (Lipinski definition) is 0. The minimum atomic E-state index is -2.32. The average Bonchev–Trinajstić information content (AvgIpc) is 2.38. The Morgan fingerprint density at radius 1 is 0.647 bits per heavy atom. The fraction of sp³-hybridized carbons (Fsp3) is 1.00. The quantitative estimate of drug-likeness (QED) is 0.401. The van der Waals surface area contributed by atoms with E-state index in [1.165, 1.54) is 32.1 Å². The molecule has 0 aliphatic carbocycles. The largest absolute Gasteiger partial charge is 0.500 e. The zero-order valence-electron chi connectivity index (χ0n) is 11.8. The molecule has 0 amide bonds. The normalized spacial score (nSPS) is 12.0. The fourth-order valence-electron chi connectivity index (χ4n) is 1.85. The molecule has 0 aliphatic heterocycles. The molecule has 0 saturated carbocycles. The molecule has 0 unspecified atom stereocenters. The van der Waals surface area contributed by atoms with Gasteiger partial charge in [0.25, 0.3) is 0 Å². The number of hydrogen-bond acceptors (Lipinski definition) is 4. The molecular formula is C12H28O4Si. The van der Waals surface area contributed by atoms with Gasteiger partial charge in [-0.3, -0.25) is 0 Å². The maximum absolute atomic E-state index is 5.37. The second-order valence-electron chi connectivity index (χ2n) is 4.16. The Kier molecular flexibility index (Phi) is 11.2. The Balaban J connectivity index is 3.43. The topological polar surface area (TPSA) is 36.9 Å². The van der Waals surface area contributed by atoms with Crippen molar-refractivity contribution in [2.45, 2.75) is 44.6 Å². The van der Waals surface area contributed by atoms with Crippen LogP contribution in [0.2, 0.25) is 6.04 Å². The molecular weight excluding hydrogens is 236 g/mol. The van der Waals surface area contributed by atoms with Crippen LogP contribution < -0.4 is 0 Å². The third-order valence-corrected chi connectivity index (χ3v) is 5.85.